The summed E-state index contributed by atoms with van der Waals surface area (Å²) in [6.07, 6.45) is 3.13. The van der Waals surface area contributed by atoms with E-state index in [1.807, 2.05) is 6.92 Å². The smallest absolute Gasteiger partial charge is 0.240 e. The molecule has 3 rings (SSSR count). The first-order valence-corrected chi connectivity index (χ1v) is 10.3. The molecule has 2 aromatic heterocycles. The van der Waals surface area contributed by atoms with Crippen molar-refractivity contribution in [2.75, 3.05) is 33.3 Å². The molecule has 144 valence electrons. The molecule has 0 saturated carbocycles. The number of thiazole rings is 1. The van der Waals surface area contributed by atoms with E-state index >= 15 is 0 Å². The van der Waals surface area contributed by atoms with Gasteiger partial charge in [-0.15, -0.1) is 11.3 Å². The summed E-state index contributed by atoms with van der Waals surface area (Å²) in [5.41, 5.74) is 1.14. The molecule has 8 heteroatoms. The van der Waals surface area contributed by atoms with Crippen molar-refractivity contribution in [3.05, 3.63) is 27.8 Å². The van der Waals surface area contributed by atoms with E-state index in [1.54, 1.807) is 18.4 Å². The van der Waals surface area contributed by atoms with Gasteiger partial charge in [0, 0.05) is 38.5 Å². The number of aryl methyl sites for hydroxylation is 1. The van der Waals surface area contributed by atoms with E-state index in [-0.39, 0.29) is 6.10 Å². The third kappa shape index (κ3) is 5.33. The van der Waals surface area contributed by atoms with E-state index < -0.39 is 0 Å². The standard InChI is InChI=1S/C18H29N5O2S/c1-4-6-16-20-17(25-21-16)12-23-8-5-7-22(9-10-23)11-15-13-26-18(19-15)14(2)24-3/h13-14H,4-12H2,1-3H3. The molecule has 0 spiro atoms. The highest BCUT2D eigenvalue weighted by molar-refractivity contribution is 7.09. The Balaban J connectivity index is 1.49. The van der Waals surface area contributed by atoms with Gasteiger partial charge in [0.05, 0.1) is 12.2 Å². The lowest BCUT2D eigenvalue weighted by Crippen LogP contribution is -2.30. The number of rotatable bonds is 8. The fourth-order valence-electron chi connectivity index (χ4n) is 3.12. The Morgan fingerprint density at radius 3 is 2.69 bits per heavy atom. The summed E-state index contributed by atoms with van der Waals surface area (Å²) < 4.78 is 10.7. The zero-order valence-corrected chi connectivity index (χ0v) is 16.8. The van der Waals surface area contributed by atoms with Crippen LogP contribution >= 0.6 is 11.3 Å². The predicted octanol–water partition coefficient (Wildman–Crippen LogP) is 2.89. The minimum atomic E-state index is 0.0698. The normalized spacial score (nSPS) is 18.1. The number of methoxy groups -OCH3 is 1. The van der Waals surface area contributed by atoms with Gasteiger partial charge in [0.25, 0.3) is 0 Å². The molecule has 0 radical (unpaired) electrons. The number of aromatic nitrogens is 3. The summed E-state index contributed by atoms with van der Waals surface area (Å²) in [7, 11) is 1.73. The highest BCUT2D eigenvalue weighted by atomic mass is 32.1. The summed E-state index contributed by atoms with van der Waals surface area (Å²) in [6, 6.07) is 0. The van der Waals surface area contributed by atoms with Crippen molar-refractivity contribution < 1.29 is 9.26 Å². The molecule has 1 atom stereocenters. The zero-order chi connectivity index (χ0) is 18.4. The molecular weight excluding hydrogens is 350 g/mol. The van der Waals surface area contributed by atoms with Crippen LogP contribution in [0.15, 0.2) is 9.90 Å². The topological polar surface area (TPSA) is 67.5 Å². The molecule has 0 amide bonds. The Morgan fingerprint density at radius 2 is 1.96 bits per heavy atom. The van der Waals surface area contributed by atoms with Gasteiger partial charge < -0.3 is 9.26 Å². The molecule has 0 aliphatic carbocycles. The molecule has 1 aliphatic heterocycles. The van der Waals surface area contributed by atoms with Crippen LogP contribution in [-0.4, -0.2) is 58.2 Å². The zero-order valence-electron chi connectivity index (χ0n) is 16.0. The van der Waals surface area contributed by atoms with Crippen molar-refractivity contribution in [2.45, 2.75) is 52.3 Å². The molecule has 1 aliphatic rings. The quantitative estimate of drug-likeness (QED) is 0.698. The molecule has 0 N–H and O–H groups in total. The number of hydrogen-bond donors (Lipinski definition) is 0. The van der Waals surface area contributed by atoms with Crippen LogP contribution in [0.4, 0.5) is 0 Å². The Kier molecular flexibility index (Phi) is 7.13. The summed E-state index contributed by atoms with van der Waals surface area (Å²) in [4.78, 5) is 14.1. The molecule has 7 nitrogen and oxygen atoms in total. The summed E-state index contributed by atoms with van der Waals surface area (Å²) in [5, 5.41) is 7.26. The number of nitrogens with zero attached hydrogens (tertiary/aromatic N) is 5. The van der Waals surface area contributed by atoms with Crippen LogP contribution in [0.1, 0.15) is 55.2 Å². The van der Waals surface area contributed by atoms with E-state index in [4.69, 9.17) is 14.2 Å². The van der Waals surface area contributed by atoms with Crippen molar-refractivity contribution in [3.8, 4) is 0 Å². The highest BCUT2D eigenvalue weighted by Crippen LogP contribution is 2.21. The van der Waals surface area contributed by atoms with E-state index in [1.165, 1.54) is 0 Å². The molecule has 26 heavy (non-hydrogen) atoms. The van der Waals surface area contributed by atoms with Crippen LogP contribution in [0, 0.1) is 0 Å². The summed E-state index contributed by atoms with van der Waals surface area (Å²) >= 11 is 1.68. The fourth-order valence-corrected chi connectivity index (χ4v) is 3.97. The second-order valence-electron chi connectivity index (χ2n) is 6.82. The van der Waals surface area contributed by atoms with E-state index in [0.29, 0.717) is 0 Å². The van der Waals surface area contributed by atoms with Gasteiger partial charge in [0.15, 0.2) is 5.82 Å². The van der Waals surface area contributed by atoms with Gasteiger partial charge >= 0.3 is 0 Å². The van der Waals surface area contributed by atoms with Crippen molar-refractivity contribution in [3.63, 3.8) is 0 Å². The largest absolute Gasteiger partial charge is 0.375 e. The van der Waals surface area contributed by atoms with Gasteiger partial charge in [-0.05, 0) is 32.9 Å². The van der Waals surface area contributed by atoms with Gasteiger partial charge in [-0.25, -0.2) is 4.98 Å². The average molecular weight is 380 g/mol. The molecule has 1 saturated heterocycles. The van der Waals surface area contributed by atoms with Gasteiger partial charge in [-0.3, -0.25) is 9.80 Å². The van der Waals surface area contributed by atoms with Gasteiger partial charge in [0.1, 0.15) is 11.1 Å². The van der Waals surface area contributed by atoms with Gasteiger partial charge in [-0.1, -0.05) is 12.1 Å². The first-order valence-electron chi connectivity index (χ1n) is 9.41. The fraction of sp³-hybridized carbons (Fsp3) is 0.722. The Bertz CT molecular complexity index is 674. The van der Waals surface area contributed by atoms with Gasteiger partial charge in [0.2, 0.25) is 5.89 Å². The van der Waals surface area contributed by atoms with E-state index in [2.05, 4.69) is 32.2 Å². The molecule has 1 unspecified atom stereocenters. The van der Waals surface area contributed by atoms with Crippen LogP contribution in [0.25, 0.3) is 0 Å². The lowest BCUT2D eigenvalue weighted by Gasteiger charge is -2.20. The maximum atomic E-state index is 5.38. The summed E-state index contributed by atoms with van der Waals surface area (Å²) in [6.45, 7) is 10.0. The second kappa shape index (κ2) is 9.55. The van der Waals surface area contributed by atoms with Crippen LogP contribution in [-0.2, 0) is 24.2 Å². The second-order valence-corrected chi connectivity index (χ2v) is 7.70. The average Bonchev–Trinajstić information content (AvgIpc) is 3.22. The third-order valence-electron chi connectivity index (χ3n) is 4.68. The molecule has 0 aromatic carbocycles. The molecule has 3 heterocycles. The minimum absolute atomic E-state index is 0.0698. The maximum Gasteiger partial charge on any atom is 0.240 e. The van der Waals surface area contributed by atoms with Crippen LogP contribution in [0.5, 0.6) is 0 Å². The Hall–Kier alpha value is -1.35. The highest BCUT2D eigenvalue weighted by Gasteiger charge is 2.19. The summed E-state index contributed by atoms with van der Waals surface area (Å²) in [5.74, 6) is 1.56. The number of hydrogen-bond acceptors (Lipinski definition) is 8. The van der Waals surface area contributed by atoms with E-state index in [9.17, 15) is 0 Å². The first-order chi connectivity index (χ1) is 12.7. The van der Waals surface area contributed by atoms with Crippen LogP contribution < -0.4 is 0 Å². The third-order valence-corrected chi connectivity index (χ3v) is 5.73. The molecule has 2 aromatic rings. The lowest BCUT2D eigenvalue weighted by molar-refractivity contribution is 0.119. The van der Waals surface area contributed by atoms with Crippen molar-refractivity contribution >= 4 is 11.3 Å². The Labute approximate surface area is 159 Å². The Morgan fingerprint density at radius 1 is 1.19 bits per heavy atom. The van der Waals surface area contributed by atoms with E-state index in [0.717, 1.165) is 80.9 Å². The molecule has 0 bridgehead atoms. The van der Waals surface area contributed by atoms with Crippen molar-refractivity contribution in [1.82, 2.24) is 24.9 Å². The molecular formula is C18H29N5O2S. The van der Waals surface area contributed by atoms with Crippen molar-refractivity contribution in [2.24, 2.45) is 0 Å². The van der Waals surface area contributed by atoms with Crippen LogP contribution in [0.2, 0.25) is 0 Å². The lowest BCUT2D eigenvalue weighted by atomic mass is 10.3. The van der Waals surface area contributed by atoms with Crippen LogP contribution in [0.3, 0.4) is 0 Å². The molecule has 1 fully saturated rings. The maximum absolute atomic E-state index is 5.38. The predicted molar refractivity (Wildman–Crippen MR) is 101 cm³/mol. The van der Waals surface area contributed by atoms with Gasteiger partial charge in [-0.2, -0.15) is 4.98 Å². The SMILES string of the molecule is CCCc1noc(CN2CCCN(Cc3csc(C(C)OC)n3)CC2)n1. The minimum Gasteiger partial charge on any atom is -0.375 e. The first kappa shape index (κ1) is 19.4. The monoisotopic (exact) mass is 379 g/mol. The van der Waals surface area contributed by atoms with Crippen molar-refractivity contribution in [1.29, 1.82) is 0 Å². The number of ether oxygens (including phenoxy) is 1.